The molecule has 13 aromatic rings. The second-order valence-corrected chi connectivity index (χ2v) is 43.6. The molecule has 4 heteroatoms. The lowest BCUT2D eigenvalue weighted by atomic mass is 9.72. The Labute approximate surface area is 698 Å². The minimum atomic E-state index is 0.00804. The van der Waals surface area contributed by atoms with E-state index in [9.17, 15) is 4.79 Å². The van der Waals surface area contributed by atoms with Crippen LogP contribution in [-0.2, 0) is 48.1 Å². The number of fused-ring (bicyclic) bond motifs is 6. The van der Waals surface area contributed by atoms with Crippen molar-refractivity contribution in [2.75, 3.05) is 12.4 Å². The molecular weight excluding hydrogens is 1420 g/mol. The van der Waals surface area contributed by atoms with Crippen LogP contribution in [0.5, 0.6) is 0 Å². The van der Waals surface area contributed by atoms with Crippen LogP contribution in [0, 0.1) is 59.2 Å². The number of carbonyl (C=O) groups is 1. The molecule has 0 radical (unpaired) electrons. The molecule has 614 valence electrons. The van der Waals surface area contributed by atoms with Gasteiger partial charge in [-0.2, -0.15) is 0 Å². The molecule has 1 aliphatic rings. The van der Waals surface area contributed by atoms with E-state index in [0.717, 1.165) is 99.0 Å². The lowest BCUT2D eigenvalue weighted by Crippen LogP contribution is -2.06. The summed E-state index contributed by atoms with van der Waals surface area (Å²) in [4.78, 5) is 12.6. The van der Waals surface area contributed by atoms with Crippen molar-refractivity contribution in [3.63, 3.8) is 0 Å². The van der Waals surface area contributed by atoms with Crippen molar-refractivity contribution >= 4 is 157 Å². The zero-order valence-electron chi connectivity index (χ0n) is 74.4. The molecule has 114 heavy (non-hydrogen) atoms. The smallest absolute Gasteiger partial charge is 0.305 e. The first-order valence-corrected chi connectivity index (χ1v) is 50.3. The predicted molar refractivity (Wildman–Crippen MR) is 513 cm³/mol. The lowest BCUT2D eigenvalue weighted by molar-refractivity contribution is -0.143. The van der Waals surface area contributed by atoms with Crippen molar-refractivity contribution in [1.82, 2.24) is 0 Å². The molecule has 6 atom stereocenters. The highest BCUT2D eigenvalue weighted by Gasteiger charge is 2.34. The molecule has 13 aromatic carbocycles. The van der Waals surface area contributed by atoms with E-state index < -0.39 is 0 Å². The van der Waals surface area contributed by atoms with Crippen molar-refractivity contribution in [1.29, 1.82) is 0 Å². The van der Waals surface area contributed by atoms with E-state index in [1.54, 1.807) is 64.8 Å². The number of hydrogen-bond acceptors (Lipinski definition) is 4. The standard InChI is InChI=1S/C110H150O2S2/c1-69(2)31-26-36-74(11)44-49-80-59-88-86-57-79(41-22-20-18-16-17-19-21-25-55-112-98(111)43-24-23-42-85-54-56-113-114-85)58-87-89-60-81(50-45-75(12)37-27-32-70(3)4)62-91-93-64-83(52-47-77(14)39-29-34-72(7)8)66-95-97-68-84(53-48-78(15)40-30-35-73(9)10)67-96-94-65-82(51-46-76(13)38-28-33-71(5)6)63-92-90(61-80)100(88)106-105(99(86)87)107(101(89)91)109(103(93)95)110(104(96)97)108(106)102(92)94/h57-78,85H,16-56H2,1-15H3. The summed E-state index contributed by atoms with van der Waals surface area (Å²) in [5.41, 5.74) is 9.22. The quantitative estimate of drug-likeness (QED) is 0.0125. The van der Waals surface area contributed by atoms with E-state index in [-0.39, 0.29) is 5.97 Å². The molecular formula is C110H150O2S2. The molecule has 0 aromatic heterocycles. The zero-order valence-corrected chi connectivity index (χ0v) is 76.0. The van der Waals surface area contributed by atoms with Gasteiger partial charge in [-0.3, -0.25) is 4.79 Å². The first-order valence-electron chi connectivity index (χ1n) is 47.9. The fourth-order valence-electron chi connectivity index (χ4n) is 21.6. The van der Waals surface area contributed by atoms with Gasteiger partial charge in [0.25, 0.3) is 0 Å². The molecule has 0 N–H and O–H groups in total. The Morgan fingerprint density at radius 1 is 0.281 bits per heavy atom. The summed E-state index contributed by atoms with van der Waals surface area (Å²) < 4.78 is 5.73. The average Bonchev–Trinajstić information content (AvgIpc) is 0.695. The molecule has 1 fully saturated rings. The molecule has 0 spiro atoms. The van der Waals surface area contributed by atoms with E-state index in [4.69, 9.17) is 4.74 Å². The maximum absolute atomic E-state index is 12.6. The van der Waals surface area contributed by atoms with Gasteiger partial charge in [-0.1, -0.05) is 339 Å². The van der Waals surface area contributed by atoms with Gasteiger partial charge in [0.15, 0.2) is 0 Å². The fourth-order valence-corrected chi connectivity index (χ4v) is 24.6. The highest BCUT2D eigenvalue weighted by atomic mass is 33.1. The Morgan fingerprint density at radius 2 is 0.526 bits per heavy atom. The molecule has 6 unspecified atom stereocenters. The third-order valence-electron chi connectivity index (χ3n) is 28.5. The Bertz CT molecular complexity index is 4920. The van der Waals surface area contributed by atoms with Gasteiger partial charge >= 0.3 is 5.97 Å². The van der Waals surface area contributed by atoms with Crippen molar-refractivity contribution in [3.8, 4) is 0 Å². The fraction of sp³-hybridized carbons (Fsp3) is 0.609. The zero-order chi connectivity index (χ0) is 79.8. The molecule has 1 aliphatic heterocycles. The van der Waals surface area contributed by atoms with Crippen LogP contribution in [0.4, 0.5) is 0 Å². The highest BCUT2D eigenvalue weighted by molar-refractivity contribution is 8.77. The van der Waals surface area contributed by atoms with Crippen LogP contribution in [0.15, 0.2) is 72.8 Å². The summed E-state index contributed by atoms with van der Waals surface area (Å²) in [6.45, 7) is 37.5. The van der Waals surface area contributed by atoms with Crippen molar-refractivity contribution in [2.45, 2.75) is 360 Å². The lowest BCUT2D eigenvalue weighted by Gasteiger charge is -2.30. The molecule has 2 nitrogen and oxygen atoms in total. The molecule has 0 amide bonds. The van der Waals surface area contributed by atoms with Gasteiger partial charge < -0.3 is 4.74 Å². The number of carbonyl (C=O) groups excluding carboxylic acids is 1. The molecule has 0 aliphatic carbocycles. The Morgan fingerprint density at radius 3 is 0.772 bits per heavy atom. The second-order valence-electron chi connectivity index (χ2n) is 40.9. The molecule has 0 bridgehead atoms. The number of hydrogen-bond donors (Lipinski definition) is 0. The number of rotatable bonds is 51. The molecule has 1 heterocycles. The molecule has 0 saturated carbocycles. The van der Waals surface area contributed by atoms with Crippen molar-refractivity contribution in [2.24, 2.45) is 59.2 Å². The van der Waals surface area contributed by atoms with Gasteiger partial charge in [0.1, 0.15) is 0 Å². The number of unbranched alkanes of at least 4 members (excludes halogenated alkanes) is 8. The Balaban J connectivity index is 0.957. The second kappa shape index (κ2) is 39.3. The van der Waals surface area contributed by atoms with Crippen LogP contribution < -0.4 is 0 Å². The SMILES string of the molecule is CC(C)CCCC(C)CCc1cc2c3cc(CCCCCCCCCCOC(=O)CCCCC4CCSS4)cc4c5cc(CCC(C)CCCC(C)C)cc6c7cc(CCC(C)CCCC(C)C)cc8c9cc(CCC(C)CCCC(C)C)cc%10c%11cc(CCC(C)CCCC(C)C)cc%12c(c1)c2c1c(c34)c(c56)c(c78)c(c%109)c1c%12%11. The van der Waals surface area contributed by atoms with Gasteiger partial charge in [0, 0.05) is 17.4 Å². The van der Waals surface area contributed by atoms with Crippen LogP contribution in [0.25, 0.3) is 129 Å². The van der Waals surface area contributed by atoms with E-state index in [1.165, 1.54) is 283 Å². The van der Waals surface area contributed by atoms with Crippen LogP contribution in [0.1, 0.15) is 349 Å². The van der Waals surface area contributed by atoms with Crippen LogP contribution >= 0.6 is 21.6 Å². The Kier molecular flexibility index (Phi) is 29.3. The van der Waals surface area contributed by atoms with Crippen LogP contribution in [0.3, 0.4) is 0 Å². The van der Waals surface area contributed by atoms with E-state index >= 15 is 0 Å². The van der Waals surface area contributed by atoms with Gasteiger partial charge in [0.2, 0.25) is 0 Å². The summed E-state index contributed by atoms with van der Waals surface area (Å²) in [6.07, 6.45) is 47.4. The molecule has 1 saturated heterocycles. The maximum Gasteiger partial charge on any atom is 0.305 e. The van der Waals surface area contributed by atoms with Gasteiger partial charge in [-0.15, -0.1) is 0 Å². The first-order chi connectivity index (χ1) is 55.2. The third-order valence-corrected chi connectivity index (χ3v) is 31.5. The minimum Gasteiger partial charge on any atom is -0.466 e. The highest BCUT2D eigenvalue weighted by Crippen LogP contribution is 2.61. The maximum atomic E-state index is 12.6. The van der Waals surface area contributed by atoms with E-state index in [0.29, 0.717) is 42.6 Å². The topological polar surface area (TPSA) is 26.3 Å². The van der Waals surface area contributed by atoms with Gasteiger partial charge in [0.05, 0.1) is 6.61 Å². The summed E-state index contributed by atoms with van der Waals surface area (Å²) in [5.74, 6) is 8.44. The van der Waals surface area contributed by atoms with Crippen molar-refractivity contribution in [3.05, 3.63) is 106 Å². The largest absolute Gasteiger partial charge is 0.466 e. The normalized spacial score (nSPS) is 15.7. The predicted octanol–water partition coefficient (Wildman–Crippen LogP) is 35.0. The summed E-state index contributed by atoms with van der Waals surface area (Å²) in [5, 5.41) is 37.6. The minimum absolute atomic E-state index is 0.00804. The van der Waals surface area contributed by atoms with Crippen LogP contribution in [-0.4, -0.2) is 23.6 Å². The number of aryl methyl sites for hydroxylation is 6. The number of esters is 1. The summed E-state index contributed by atoms with van der Waals surface area (Å²) >= 11 is 0. The third kappa shape index (κ3) is 19.8. The van der Waals surface area contributed by atoms with Gasteiger partial charge in [-0.05, 0) is 325 Å². The van der Waals surface area contributed by atoms with Crippen LogP contribution in [0.2, 0.25) is 0 Å². The van der Waals surface area contributed by atoms with E-state index in [1.807, 2.05) is 21.6 Å². The number of ether oxygens (including phenoxy) is 1. The average molecular weight is 1570 g/mol. The van der Waals surface area contributed by atoms with Gasteiger partial charge in [-0.25, -0.2) is 0 Å². The summed E-state index contributed by atoms with van der Waals surface area (Å²) in [7, 11) is 4.06. The van der Waals surface area contributed by atoms with E-state index in [2.05, 4.69) is 177 Å². The molecule has 14 rings (SSSR count). The first kappa shape index (κ1) is 85.1. The van der Waals surface area contributed by atoms with Crippen molar-refractivity contribution < 1.29 is 9.53 Å². The monoisotopic (exact) mass is 1570 g/mol. The summed E-state index contributed by atoms with van der Waals surface area (Å²) in [6, 6.07) is 33.4. The Hall–Kier alpha value is -5.29. The number of benzene rings is 13.